The van der Waals surface area contributed by atoms with E-state index in [0.717, 1.165) is 30.2 Å². The highest BCUT2D eigenvalue weighted by atomic mass is 35.5. The summed E-state index contributed by atoms with van der Waals surface area (Å²) in [7, 11) is 1.71. The molecule has 0 bridgehead atoms. The Morgan fingerprint density at radius 2 is 2.05 bits per heavy atom. The molecule has 1 rings (SSSR count). The zero-order valence-electron chi connectivity index (χ0n) is 12.5. The van der Waals surface area contributed by atoms with Gasteiger partial charge in [-0.2, -0.15) is 0 Å². The molecule has 1 aromatic carbocycles. The summed E-state index contributed by atoms with van der Waals surface area (Å²) in [6.07, 6.45) is 3.30. The van der Waals surface area contributed by atoms with E-state index in [2.05, 4.69) is 26.1 Å². The van der Waals surface area contributed by atoms with Gasteiger partial charge in [0.1, 0.15) is 5.75 Å². The van der Waals surface area contributed by atoms with Gasteiger partial charge in [-0.25, -0.2) is 0 Å². The second-order valence-electron chi connectivity index (χ2n) is 5.11. The van der Waals surface area contributed by atoms with E-state index in [4.69, 9.17) is 16.3 Å². The van der Waals surface area contributed by atoms with Crippen LogP contribution in [-0.2, 0) is 6.42 Å². The number of methoxy groups -OCH3 is 1. The molecule has 0 aliphatic rings. The number of hydrogen-bond acceptors (Lipinski definition) is 2. The fourth-order valence-electron chi connectivity index (χ4n) is 2.47. The highest BCUT2D eigenvalue weighted by Gasteiger charge is 2.17. The van der Waals surface area contributed by atoms with Gasteiger partial charge in [0.2, 0.25) is 0 Å². The molecule has 2 nitrogen and oxygen atoms in total. The summed E-state index contributed by atoms with van der Waals surface area (Å²) in [5, 5.41) is 4.39. The van der Waals surface area contributed by atoms with Gasteiger partial charge in [0, 0.05) is 11.1 Å². The lowest BCUT2D eigenvalue weighted by molar-refractivity contribution is 0.356. The molecule has 19 heavy (non-hydrogen) atoms. The molecule has 0 radical (unpaired) electrons. The molecule has 1 N–H and O–H groups in total. The summed E-state index contributed by atoms with van der Waals surface area (Å²) >= 11 is 6.08. The SMILES string of the molecule is CCCNC(CC)C(C)Cc1cc(Cl)ccc1OC. The summed E-state index contributed by atoms with van der Waals surface area (Å²) in [5.41, 5.74) is 1.19. The summed E-state index contributed by atoms with van der Waals surface area (Å²) in [4.78, 5) is 0. The fourth-order valence-corrected chi connectivity index (χ4v) is 2.67. The first kappa shape index (κ1) is 16.3. The topological polar surface area (TPSA) is 21.3 Å². The number of halogens is 1. The molecule has 0 spiro atoms. The molecule has 1 aromatic rings. The fraction of sp³-hybridized carbons (Fsp3) is 0.625. The quantitative estimate of drug-likeness (QED) is 0.768. The van der Waals surface area contributed by atoms with Gasteiger partial charge in [-0.1, -0.05) is 32.4 Å². The van der Waals surface area contributed by atoms with E-state index in [-0.39, 0.29) is 0 Å². The van der Waals surface area contributed by atoms with Crippen molar-refractivity contribution in [2.75, 3.05) is 13.7 Å². The second-order valence-corrected chi connectivity index (χ2v) is 5.54. The summed E-state index contributed by atoms with van der Waals surface area (Å²) in [5.74, 6) is 1.49. The molecule has 0 saturated carbocycles. The van der Waals surface area contributed by atoms with Crippen molar-refractivity contribution < 1.29 is 4.74 Å². The van der Waals surface area contributed by atoms with Crippen LogP contribution in [0.3, 0.4) is 0 Å². The first-order valence-electron chi connectivity index (χ1n) is 7.18. The van der Waals surface area contributed by atoms with Crippen LogP contribution in [0, 0.1) is 5.92 Å². The van der Waals surface area contributed by atoms with Crippen LogP contribution in [0.1, 0.15) is 39.2 Å². The minimum absolute atomic E-state index is 0.545. The van der Waals surface area contributed by atoms with Crippen LogP contribution in [0.4, 0.5) is 0 Å². The van der Waals surface area contributed by atoms with Gasteiger partial charge in [0.05, 0.1) is 7.11 Å². The van der Waals surface area contributed by atoms with Crippen molar-refractivity contribution in [1.82, 2.24) is 5.32 Å². The molecular weight excluding hydrogens is 258 g/mol. The van der Waals surface area contributed by atoms with Crippen molar-refractivity contribution in [2.24, 2.45) is 5.92 Å². The molecule has 2 unspecified atom stereocenters. The van der Waals surface area contributed by atoms with Gasteiger partial charge in [0.25, 0.3) is 0 Å². The highest BCUT2D eigenvalue weighted by Crippen LogP contribution is 2.26. The van der Waals surface area contributed by atoms with E-state index in [1.54, 1.807) is 7.11 Å². The Kier molecular flexibility index (Phi) is 7.25. The molecule has 0 saturated heterocycles. The van der Waals surface area contributed by atoms with E-state index >= 15 is 0 Å². The van der Waals surface area contributed by atoms with Gasteiger partial charge >= 0.3 is 0 Å². The predicted octanol–water partition coefficient (Wildman–Crippen LogP) is 4.31. The van der Waals surface area contributed by atoms with Gasteiger partial charge in [-0.15, -0.1) is 0 Å². The molecule has 0 aliphatic heterocycles. The number of benzene rings is 1. The first-order valence-corrected chi connectivity index (χ1v) is 7.55. The molecule has 3 heteroatoms. The maximum atomic E-state index is 6.08. The van der Waals surface area contributed by atoms with Crippen LogP contribution in [0.5, 0.6) is 5.75 Å². The Bertz CT molecular complexity index is 381. The molecule has 108 valence electrons. The van der Waals surface area contributed by atoms with E-state index < -0.39 is 0 Å². The zero-order valence-corrected chi connectivity index (χ0v) is 13.3. The normalized spacial score (nSPS) is 14.2. The molecule has 0 amide bonds. The van der Waals surface area contributed by atoms with Gasteiger partial charge in [-0.3, -0.25) is 0 Å². The van der Waals surface area contributed by atoms with Crippen molar-refractivity contribution in [1.29, 1.82) is 0 Å². The predicted molar refractivity (Wildman–Crippen MR) is 83.2 cm³/mol. The first-order chi connectivity index (χ1) is 9.12. The van der Waals surface area contributed by atoms with E-state index in [9.17, 15) is 0 Å². The average Bonchev–Trinajstić information content (AvgIpc) is 2.40. The van der Waals surface area contributed by atoms with Gasteiger partial charge < -0.3 is 10.1 Å². The summed E-state index contributed by atoms with van der Waals surface area (Å²) < 4.78 is 5.42. The third kappa shape index (κ3) is 5.04. The monoisotopic (exact) mass is 283 g/mol. The van der Waals surface area contributed by atoms with Crippen LogP contribution in [-0.4, -0.2) is 19.7 Å². The third-order valence-electron chi connectivity index (χ3n) is 3.57. The zero-order chi connectivity index (χ0) is 14.3. The molecule has 0 fully saturated rings. The second kappa shape index (κ2) is 8.44. The minimum atomic E-state index is 0.545. The van der Waals surface area contributed by atoms with E-state index in [1.807, 2.05) is 18.2 Å². The molecule has 0 aliphatic carbocycles. The lowest BCUT2D eigenvalue weighted by atomic mass is 9.92. The van der Waals surface area contributed by atoms with Crippen molar-refractivity contribution in [2.45, 2.75) is 46.1 Å². The van der Waals surface area contributed by atoms with Crippen LogP contribution in [0.2, 0.25) is 5.02 Å². The van der Waals surface area contributed by atoms with Gasteiger partial charge in [-0.05, 0) is 55.5 Å². The molecule has 2 atom stereocenters. The van der Waals surface area contributed by atoms with Crippen molar-refractivity contribution in [3.63, 3.8) is 0 Å². The van der Waals surface area contributed by atoms with Crippen molar-refractivity contribution in [3.8, 4) is 5.75 Å². The standard InChI is InChI=1S/C16H26ClNO/c1-5-9-18-15(6-2)12(3)10-13-11-14(17)7-8-16(13)19-4/h7-8,11-12,15,18H,5-6,9-10H2,1-4H3. The smallest absolute Gasteiger partial charge is 0.122 e. The lowest BCUT2D eigenvalue weighted by Gasteiger charge is -2.24. The maximum Gasteiger partial charge on any atom is 0.122 e. The summed E-state index contributed by atoms with van der Waals surface area (Å²) in [6.45, 7) is 7.80. The Morgan fingerprint density at radius 3 is 2.63 bits per heavy atom. The van der Waals surface area contributed by atoms with E-state index in [0.29, 0.717) is 12.0 Å². The van der Waals surface area contributed by atoms with Crippen LogP contribution in [0.15, 0.2) is 18.2 Å². The average molecular weight is 284 g/mol. The number of ether oxygens (including phenoxy) is 1. The Balaban J connectivity index is 2.73. The van der Waals surface area contributed by atoms with Crippen LogP contribution < -0.4 is 10.1 Å². The van der Waals surface area contributed by atoms with Crippen LogP contribution >= 0.6 is 11.6 Å². The van der Waals surface area contributed by atoms with E-state index in [1.165, 1.54) is 12.0 Å². The Labute approximate surface area is 122 Å². The largest absolute Gasteiger partial charge is 0.496 e. The lowest BCUT2D eigenvalue weighted by Crippen LogP contribution is -2.35. The maximum absolute atomic E-state index is 6.08. The molecule has 0 aromatic heterocycles. The summed E-state index contributed by atoms with van der Waals surface area (Å²) in [6, 6.07) is 6.39. The third-order valence-corrected chi connectivity index (χ3v) is 3.80. The Hall–Kier alpha value is -0.730. The highest BCUT2D eigenvalue weighted by molar-refractivity contribution is 6.30. The van der Waals surface area contributed by atoms with Crippen LogP contribution in [0.25, 0.3) is 0 Å². The number of nitrogens with one attached hydrogen (secondary N) is 1. The van der Waals surface area contributed by atoms with Gasteiger partial charge in [0.15, 0.2) is 0 Å². The number of rotatable bonds is 8. The minimum Gasteiger partial charge on any atom is -0.496 e. The number of hydrogen-bond donors (Lipinski definition) is 1. The molecule has 0 heterocycles. The molecular formula is C16H26ClNO. The van der Waals surface area contributed by atoms with Crippen molar-refractivity contribution in [3.05, 3.63) is 28.8 Å². The Morgan fingerprint density at radius 1 is 1.32 bits per heavy atom. The van der Waals surface area contributed by atoms with Crippen molar-refractivity contribution >= 4 is 11.6 Å².